The molecule has 0 aliphatic carbocycles. The van der Waals surface area contributed by atoms with E-state index in [2.05, 4.69) is 34.2 Å². The fourth-order valence-corrected chi connectivity index (χ4v) is 2.70. The van der Waals surface area contributed by atoms with E-state index in [9.17, 15) is 0 Å². The van der Waals surface area contributed by atoms with E-state index in [4.69, 9.17) is 9.47 Å². The van der Waals surface area contributed by atoms with Crippen molar-refractivity contribution in [2.45, 2.75) is 38.8 Å². The summed E-state index contributed by atoms with van der Waals surface area (Å²) in [6.07, 6.45) is 2.10. The zero-order valence-electron chi connectivity index (χ0n) is 12.2. The van der Waals surface area contributed by atoms with Gasteiger partial charge in [0.05, 0.1) is 13.2 Å². The summed E-state index contributed by atoms with van der Waals surface area (Å²) in [5.41, 5.74) is 1.19. The summed E-state index contributed by atoms with van der Waals surface area (Å²) in [7, 11) is 3.69. The van der Waals surface area contributed by atoms with Crippen molar-refractivity contribution in [2.75, 3.05) is 20.8 Å². The van der Waals surface area contributed by atoms with Crippen LogP contribution in [0.3, 0.4) is 0 Å². The van der Waals surface area contributed by atoms with Crippen LogP contribution >= 0.6 is 15.9 Å². The second kappa shape index (κ2) is 8.56. The number of ether oxygens (including phenoxy) is 2. The zero-order valence-corrected chi connectivity index (χ0v) is 13.8. The van der Waals surface area contributed by atoms with Crippen molar-refractivity contribution in [3.8, 4) is 5.75 Å². The number of halogens is 1. The first kappa shape index (κ1) is 16.5. The molecule has 0 aliphatic rings. The van der Waals surface area contributed by atoms with Crippen LogP contribution in [-0.2, 0) is 11.2 Å². The number of rotatable bonds is 8. The van der Waals surface area contributed by atoms with Crippen molar-refractivity contribution in [3.05, 3.63) is 28.2 Å². The van der Waals surface area contributed by atoms with E-state index in [0.717, 1.165) is 29.7 Å². The lowest BCUT2D eigenvalue weighted by Gasteiger charge is -2.26. The number of benzene rings is 1. The van der Waals surface area contributed by atoms with Gasteiger partial charge in [-0.05, 0) is 50.6 Å². The van der Waals surface area contributed by atoms with Crippen LogP contribution < -0.4 is 10.1 Å². The summed E-state index contributed by atoms with van der Waals surface area (Å²) < 4.78 is 12.3. The highest BCUT2D eigenvalue weighted by molar-refractivity contribution is 9.10. The van der Waals surface area contributed by atoms with E-state index < -0.39 is 0 Å². The third-order valence-electron chi connectivity index (χ3n) is 3.28. The van der Waals surface area contributed by atoms with E-state index in [1.807, 2.05) is 26.1 Å². The van der Waals surface area contributed by atoms with Crippen LogP contribution in [-0.4, -0.2) is 32.9 Å². The molecule has 1 rings (SSSR count). The lowest BCUT2D eigenvalue weighted by molar-refractivity contribution is 0.0338. The van der Waals surface area contributed by atoms with Crippen LogP contribution in [0.15, 0.2) is 22.7 Å². The van der Waals surface area contributed by atoms with E-state index in [0.29, 0.717) is 0 Å². The molecule has 0 spiro atoms. The first-order valence-electron chi connectivity index (χ1n) is 6.77. The molecule has 0 saturated heterocycles. The molecule has 4 heteroatoms. The molecule has 0 radical (unpaired) electrons. The molecule has 1 N–H and O–H groups in total. The van der Waals surface area contributed by atoms with E-state index in [1.54, 1.807) is 7.11 Å². The average Bonchev–Trinajstić information content (AvgIpc) is 2.42. The highest BCUT2D eigenvalue weighted by Gasteiger charge is 2.20. The molecule has 0 aromatic heterocycles. The molecule has 0 fully saturated rings. The van der Waals surface area contributed by atoms with Gasteiger partial charge in [0.15, 0.2) is 0 Å². The first-order chi connectivity index (χ1) is 9.15. The standard InChI is InChI=1S/C15H24BrNO2/c1-5-14(19-6-2)13(17-3)10-11-9-12(16)7-8-15(11)18-4/h7-9,13-14,17H,5-6,10H2,1-4H3. The monoisotopic (exact) mass is 329 g/mol. The van der Waals surface area contributed by atoms with Crippen LogP contribution in [0, 0.1) is 0 Å². The average molecular weight is 330 g/mol. The SMILES string of the molecule is CCOC(CC)C(Cc1cc(Br)ccc1OC)NC. The molecule has 1 aromatic rings. The van der Waals surface area contributed by atoms with Crippen molar-refractivity contribution < 1.29 is 9.47 Å². The minimum Gasteiger partial charge on any atom is -0.496 e. The van der Waals surface area contributed by atoms with Gasteiger partial charge in [-0.25, -0.2) is 0 Å². The summed E-state index contributed by atoms with van der Waals surface area (Å²) in [6, 6.07) is 6.39. The van der Waals surface area contributed by atoms with Crippen LogP contribution in [0.25, 0.3) is 0 Å². The summed E-state index contributed by atoms with van der Waals surface area (Å²) >= 11 is 3.51. The third kappa shape index (κ3) is 4.79. The van der Waals surface area contributed by atoms with Gasteiger partial charge in [-0.1, -0.05) is 22.9 Å². The maximum absolute atomic E-state index is 5.81. The van der Waals surface area contributed by atoms with Gasteiger partial charge in [0.1, 0.15) is 5.75 Å². The minimum atomic E-state index is 0.221. The largest absolute Gasteiger partial charge is 0.496 e. The Labute approximate surface area is 124 Å². The second-order valence-corrected chi connectivity index (χ2v) is 5.37. The Morgan fingerprint density at radius 3 is 2.58 bits per heavy atom. The summed E-state index contributed by atoms with van der Waals surface area (Å²) in [5, 5.41) is 3.36. The van der Waals surface area contributed by atoms with Gasteiger partial charge in [0.2, 0.25) is 0 Å². The Morgan fingerprint density at radius 1 is 1.32 bits per heavy atom. The maximum Gasteiger partial charge on any atom is 0.122 e. The highest BCUT2D eigenvalue weighted by Crippen LogP contribution is 2.25. The molecular formula is C15H24BrNO2. The third-order valence-corrected chi connectivity index (χ3v) is 3.78. The Kier molecular flexibility index (Phi) is 7.42. The second-order valence-electron chi connectivity index (χ2n) is 4.46. The Hall–Kier alpha value is -0.580. The van der Waals surface area contributed by atoms with Gasteiger partial charge in [-0.2, -0.15) is 0 Å². The zero-order chi connectivity index (χ0) is 14.3. The first-order valence-corrected chi connectivity index (χ1v) is 7.56. The predicted molar refractivity (Wildman–Crippen MR) is 83.0 cm³/mol. The van der Waals surface area contributed by atoms with Crippen molar-refractivity contribution in [2.24, 2.45) is 0 Å². The van der Waals surface area contributed by atoms with Gasteiger partial charge in [-0.15, -0.1) is 0 Å². The number of hydrogen-bond donors (Lipinski definition) is 1. The topological polar surface area (TPSA) is 30.5 Å². The fraction of sp³-hybridized carbons (Fsp3) is 0.600. The molecule has 1 aromatic carbocycles. The van der Waals surface area contributed by atoms with Gasteiger partial charge in [-0.3, -0.25) is 0 Å². The Morgan fingerprint density at radius 2 is 2.05 bits per heavy atom. The van der Waals surface area contributed by atoms with Crippen LogP contribution in [0.5, 0.6) is 5.75 Å². The van der Waals surface area contributed by atoms with Crippen molar-refractivity contribution in [3.63, 3.8) is 0 Å². The normalized spacial score (nSPS) is 14.2. The lowest BCUT2D eigenvalue weighted by Crippen LogP contribution is -2.40. The highest BCUT2D eigenvalue weighted by atomic mass is 79.9. The molecule has 0 aliphatic heterocycles. The van der Waals surface area contributed by atoms with E-state index >= 15 is 0 Å². The molecule has 19 heavy (non-hydrogen) atoms. The molecular weight excluding hydrogens is 306 g/mol. The number of likely N-dealkylation sites (N-methyl/N-ethyl adjacent to an activating group) is 1. The van der Waals surface area contributed by atoms with Crippen molar-refractivity contribution in [1.82, 2.24) is 5.32 Å². The van der Waals surface area contributed by atoms with Crippen molar-refractivity contribution in [1.29, 1.82) is 0 Å². The molecule has 0 bridgehead atoms. The lowest BCUT2D eigenvalue weighted by atomic mass is 9.99. The molecule has 0 heterocycles. The van der Waals surface area contributed by atoms with Crippen LogP contribution in [0.4, 0.5) is 0 Å². The van der Waals surface area contributed by atoms with Crippen LogP contribution in [0.2, 0.25) is 0 Å². The summed E-state index contributed by atoms with van der Waals surface area (Å²) in [4.78, 5) is 0. The summed E-state index contributed by atoms with van der Waals surface area (Å²) in [5.74, 6) is 0.926. The maximum atomic E-state index is 5.81. The van der Waals surface area contributed by atoms with E-state index in [1.165, 1.54) is 5.56 Å². The predicted octanol–water partition coefficient (Wildman–Crippen LogP) is 3.40. The van der Waals surface area contributed by atoms with Crippen LogP contribution in [0.1, 0.15) is 25.8 Å². The number of methoxy groups -OCH3 is 1. The minimum absolute atomic E-state index is 0.221. The summed E-state index contributed by atoms with van der Waals surface area (Å²) in [6.45, 7) is 4.93. The molecule has 0 amide bonds. The smallest absolute Gasteiger partial charge is 0.122 e. The Balaban J connectivity index is 2.87. The molecule has 0 saturated carbocycles. The molecule has 2 atom stereocenters. The number of hydrogen-bond acceptors (Lipinski definition) is 3. The number of nitrogens with one attached hydrogen (secondary N) is 1. The van der Waals surface area contributed by atoms with Gasteiger partial charge >= 0.3 is 0 Å². The van der Waals surface area contributed by atoms with Crippen molar-refractivity contribution >= 4 is 15.9 Å². The van der Waals surface area contributed by atoms with Gasteiger partial charge in [0, 0.05) is 17.1 Å². The van der Waals surface area contributed by atoms with E-state index in [-0.39, 0.29) is 12.1 Å². The Bertz CT molecular complexity index is 384. The molecule has 2 unspecified atom stereocenters. The fourth-order valence-electron chi connectivity index (χ4n) is 2.30. The molecule has 3 nitrogen and oxygen atoms in total. The van der Waals surface area contributed by atoms with Gasteiger partial charge < -0.3 is 14.8 Å². The quantitative estimate of drug-likeness (QED) is 0.792. The van der Waals surface area contributed by atoms with Gasteiger partial charge in [0.25, 0.3) is 0 Å². The molecule has 108 valence electrons.